The van der Waals surface area contributed by atoms with Crippen molar-refractivity contribution >= 4 is 0 Å². The number of allylic oxidation sites excluding steroid dienone is 3. The molecule has 0 bridgehead atoms. The van der Waals surface area contributed by atoms with Gasteiger partial charge in [0.2, 0.25) is 0 Å². The molecule has 0 N–H and O–H groups in total. The lowest BCUT2D eigenvalue weighted by Gasteiger charge is -1.90. The Hall–Kier alpha value is -1.03. The lowest BCUT2D eigenvalue weighted by atomic mass is 10.2. The van der Waals surface area contributed by atoms with E-state index in [0.29, 0.717) is 0 Å². The molecule has 46 valence electrons. The van der Waals surface area contributed by atoms with Crippen LogP contribution in [0.5, 0.6) is 0 Å². The molecule has 1 rings (SSSR count). The minimum Gasteiger partial charge on any atom is -0.238 e. The Labute approximate surface area is 55.5 Å². The Morgan fingerprint density at radius 1 is 1.56 bits per heavy atom. The standard InChI is InChI=1S/C8H9N/c1-6-4-5-7(2)8(6)9-3/h4H,5H2,1-2H3. The first-order valence-electron chi connectivity index (χ1n) is 3.00. The lowest BCUT2D eigenvalue weighted by molar-refractivity contribution is 1.24. The van der Waals surface area contributed by atoms with Gasteiger partial charge in [-0.25, -0.2) is 4.85 Å². The third-order valence-corrected chi connectivity index (χ3v) is 1.60. The van der Waals surface area contributed by atoms with Gasteiger partial charge in [0.05, 0.1) is 6.57 Å². The van der Waals surface area contributed by atoms with Gasteiger partial charge in [0.25, 0.3) is 0 Å². The quantitative estimate of drug-likeness (QED) is 0.431. The smallest absolute Gasteiger partial charge is 0.189 e. The molecule has 0 aromatic rings. The molecule has 0 fully saturated rings. The first-order valence-corrected chi connectivity index (χ1v) is 3.00. The number of hydrogen-bond acceptors (Lipinski definition) is 0. The summed E-state index contributed by atoms with van der Waals surface area (Å²) in [7, 11) is 0. The molecule has 0 spiro atoms. The maximum absolute atomic E-state index is 6.79. The van der Waals surface area contributed by atoms with Crippen LogP contribution in [0.2, 0.25) is 0 Å². The largest absolute Gasteiger partial charge is 0.238 e. The Balaban J connectivity index is 3.01. The molecule has 0 heterocycles. The lowest BCUT2D eigenvalue weighted by Crippen LogP contribution is -1.73. The molecule has 9 heavy (non-hydrogen) atoms. The molecule has 0 aromatic heterocycles. The molecule has 1 aliphatic carbocycles. The van der Waals surface area contributed by atoms with Crippen LogP contribution in [0.25, 0.3) is 4.85 Å². The predicted octanol–water partition coefficient (Wildman–Crippen LogP) is 2.53. The normalized spacial score (nSPS) is 17.7. The fourth-order valence-corrected chi connectivity index (χ4v) is 1.02. The second-order valence-corrected chi connectivity index (χ2v) is 2.33. The van der Waals surface area contributed by atoms with Crippen LogP contribution in [0.1, 0.15) is 20.3 Å². The third-order valence-electron chi connectivity index (χ3n) is 1.60. The summed E-state index contributed by atoms with van der Waals surface area (Å²) in [6, 6.07) is 0. The van der Waals surface area contributed by atoms with E-state index in [4.69, 9.17) is 6.57 Å². The first kappa shape index (κ1) is 6.10. The third kappa shape index (κ3) is 0.882. The van der Waals surface area contributed by atoms with E-state index in [9.17, 15) is 0 Å². The monoisotopic (exact) mass is 119 g/mol. The Bertz CT molecular complexity index is 225. The van der Waals surface area contributed by atoms with Crippen molar-refractivity contribution in [2.45, 2.75) is 20.3 Å². The van der Waals surface area contributed by atoms with Gasteiger partial charge in [-0.3, -0.25) is 0 Å². The number of nitrogens with zero attached hydrogens (tertiary/aromatic N) is 1. The van der Waals surface area contributed by atoms with Crippen molar-refractivity contribution < 1.29 is 0 Å². The molecule has 0 saturated carbocycles. The second kappa shape index (κ2) is 2.06. The van der Waals surface area contributed by atoms with Crippen LogP contribution in [0.3, 0.4) is 0 Å². The average Bonchev–Trinajstić information content (AvgIpc) is 2.12. The van der Waals surface area contributed by atoms with Crippen molar-refractivity contribution in [3.8, 4) is 0 Å². The van der Waals surface area contributed by atoms with Gasteiger partial charge in [-0.2, -0.15) is 0 Å². The molecule has 0 unspecified atom stereocenters. The van der Waals surface area contributed by atoms with Gasteiger partial charge < -0.3 is 0 Å². The number of hydrogen-bond donors (Lipinski definition) is 0. The van der Waals surface area contributed by atoms with Crippen molar-refractivity contribution in [1.82, 2.24) is 0 Å². The summed E-state index contributed by atoms with van der Waals surface area (Å²) in [5.41, 5.74) is 3.22. The van der Waals surface area contributed by atoms with Crippen LogP contribution in [0.15, 0.2) is 22.9 Å². The molecular weight excluding hydrogens is 110 g/mol. The molecule has 0 saturated heterocycles. The van der Waals surface area contributed by atoms with Crippen molar-refractivity contribution in [1.29, 1.82) is 0 Å². The summed E-state index contributed by atoms with van der Waals surface area (Å²) in [5.74, 6) is 0. The highest BCUT2D eigenvalue weighted by Gasteiger charge is 2.09. The molecule has 0 atom stereocenters. The van der Waals surface area contributed by atoms with Gasteiger partial charge in [-0.15, -0.1) is 0 Å². The van der Waals surface area contributed by atoms with E-state index in [1.807, 2.05) is 13.8 Å². The zero-order chi connectivity index (χ0) is 6.85. The van der Waals surface area contributed by atoms with Gasteiger partial charge in [0, 0.05) is 0 Å². The van der Waals surface area contributed by atoms with Crippen molar-refractivity contribution in [3.63, 3.8) is 0 Å². The molecule has 1 heteroatoms. The van der Waals surface area contributed by atoms with Crippen LogP contribution >= 0.6 is 0 Å². The summed E-state index contributed by atoms with van der Waals surface area (Å²) in [5, 5.41) is 0. The second-order valence-electron chi connectivity index (χ2n) is 2.33. The van der Waals surface area contributed by atoms with Crippen molar-refractivity contribution in [3.05, 3.63) is 34.3 Å². The maximum atomic E-state index is 6.79. The fourth-order valence-electron chi connectivity index (χ4n) is 1.02. The van der Waals surface area contributed by atoms with Crippen molar-refractivity contribution in [2.75, 3.05) is 0 Å². The average molecular weight is 119 g/mol. The summed E-state index contributed by atoms with van der Waals surface area (Å²) in [6.07, 6.45) is 3.08. The highest BCUT2D eigenvalue weighted by Crippen LogP contribution is 2.25. The minimum absolute atomic E-state index is 0.870. The number of rotatable bonds is 0. The molecule has 0 aromatic carbocycles. The Morgan fingerprint density at radius 3 is 2.44 bits per heavy atom. The zero-order valence-corrected chi connectivity index (χ0v) is 5.73. The van der Waals surface area contributed by atoms with Gasteiger partial charge >= 0.3 is 0 Å². The molecule has 1 aliphatic rings. The Morgan fingerprint density at radius 2 is 2.22 bits per heavy atom. The summed E-state index contributed by atoms with van der Waals surface area (Å²) >= 11 is 0. The van der Waals surface area contributed by atoms with E-state index in [-0.39, 0.29) is 0 Å². The molecule has 0 radical (unpaired) electrons. The topological polar surface area (TPSA) is 4.36 Å². The minimum atomic E-state index is 0.870. The van der Waals surface area contributed by atoms with Gasteiger partial charge in [0.15, 0.2) is 5.70 Å². The molecule has 0 aliphatic heterocycles. The van der Waals surface area contributed by atoms with Crippen LogP contribution in [0.4, 0.5) is 0 Å². The molecular formula is C8H9N. The van der Waals surface area contributed by atoms with E-state index >= 15 is 0 Å². The van der Waals surface area contributed by atoms with E-state index in [1.165, 1.54) is 5.57 Å². The predicted molar refractivity (Wildman–Crippen MR) is 37.7 cm³/mol. The van der Waals surface area contributed by atoms with Crippen LogP contribution in [-0.2, 0) is 0 Å². The fraction of sp³-hybridized carbons (Fsp3) is 0.375. The van der Waals surface area contributed by atoms with E-state index in [1.54, 1.807) is 0 Å². The zero-order valence-electron chi connectivity index (χ0n) is 5.73. The highest BCUT2D eigenvalue weighted by atomic mass is 14.7. The summed E-state index contributed by atoms with van der Waals surface area (Å²) in [6.45, 7) is 10.8. The van der Waals surface area contributed by atoms with E-state index < -0.39 is 0 Å². The Kier molecular flexibility index (Phi) is 1.40. The van der Waals surface area contributed by atoms with Gasteiger partial charge in [-0.1, -0.05) is 18.6 Å². The van der Waals surface area contributed by atoms with Gasteiger partial charge in [0.1, 0.15) is 0 Å². The first-order chi connectivity index (χ1) is 4.25. The van der Waals surface area contributed by atoms with Crippen molar-refractivity contribution in [2.24, 2.45) is 0 Å². The van der Waals surface area contributed by atoms with Crippen LogP contribution < -0.4 is 0 Å². The van der Waals surface area contributed by atoms with E-state index in [2.05, 4.69) is 10.9 Å². The van der Waals surface area contributed by atoms with E-state index in [0.717, 1.165) is 17.7 Å². The highest BCUT2D eigenvalue weighted by molar-refractivity contribution is 5.43. The van der Waals surface area contributed by atoms with Crippen LogP contribution in [-0.4, -0.2) is 0 Å². The van der Waals surface area contributed by atoms with Gasteiger partial charge in [-0.05, 0) is 18.9 Å². The SMILES string of the molecule is [C-]#[N+]C1=C(C)CC=C1C. The van der Waals surface area contributed by atoms with Crippen LogP contribution in [0, 0.1) is 6.57 Å². The summed E-state index contributed by atoms with van der Waals surface area (Å²) < 4.78 is 0. The molecule has 1 nitrogen and oxygen atoms in total. The summed E-state index contributed by atoms with van der Waals surface area (Å²) in [4.78, 5) is 3.41. The maximum Gasteiger partial charge on any atom is 0.189 e. The molecule has 0 amide bonds.